The van der Waals surface area contributed by atoms with Gasteiger partial charge in [0, 0.05) is 23.1 Å². The number of halogens is 2. The van der Waals surface area contributed by atoms with E-state index in [-0.39, 0.29) is 6.10 Å². The van der Waals surface area contributed by atoms with E-state index in [4.69, 9.17) is 32.7 Å². The van der Waals surface area contributed by atoms with Crippen molar-refractivity contribution in [2.24, 2.45) is 0 Å². The van der Waals surface area contributed by atoms with Gasteiger partial charge in [0.2, 0.25) is 0 Å². The summed E-state index contributed by atoms with van der Waals surface area (Å²) in [5, 5.41) is 13.3. The van der Waals surface area contributed by atoms with Gasteiger partial charge in [0.25, 0.3) is 0 Å². The second kappa shape index (κ2) is 9.71. The van der Waals surface area contributed by atoms with Gasteiger partial charge in [0.05, 0.1) is 25.9 Å². The topological polar surface area (TPSA) is 55.3 Å². The van der Waals surface area contributed by atoms with Gasteiger partial charge >= 0.3 is 0 Å². The van der Waals surface area contributed by atoms with Gasteiger partial charge in [-0.3, -0.25) is 0 Å². The number of hydrogen-bond acceptors (Lipinski definition) is 3. The van der Waals surface area contributed by atoms with E-state index in [9.17, 15) is 5.11 Å². The van der Waals surface area contributed by atoms with Crippen molar-refractivity contribution >= 4 is 23.2 Å². The highest BCUT2D eigenvalue weighted by atomic mass is 35.5. The molecule has 0 bridgehead atoms. The summed E-state index contributed by atoms with van der Waals surface area (Å²) in [6.45, 7) is 3.26. The van der Waals surface area contributed by atoms with Crippen LogP contribution in [0.15, 0.2) is 18.2 Å². The minimum absolute atomic E-state index is 0.211. The average molecular weight is 349 g/mol. The fourth-order valence-electron chi connectivity index (χ4n) is 2.47. The van der Waals surface area contributed by atoms with Gasteiger partial charge in [-0.1, -0.05) is 29.3 Å². The molecule has 1 aromatic rings. The number of aliphatic hydroxyl groups is 1. The summed E-state index contributed by atoms with van der Waals surface area (Å²) in [7, 11) is 0. The maximum atomic E-state index is 9.87. The molecule has 22 heavy (non-hydrogen) atoms. The van der Waals surface area contributed by atoms with Crippen LogP contribution in [-0.4, -0.2) is 50.2 Å². The summed E-state index contributed by atoms with van der Waals surface area (Å²) in [6.07, 6.45) is 2.77. The molecule has 1 aliphatic heterocycles. The largest absolute Gasteiger partial charge is 0.385 e. The molecule has 1 aliphatic rings. The number of aliphatic hydroxyl groups excluding tert-OH is 1. The Hall–Kier alpha value is -0.360. The molecule has 1 saturated heterocycles. The summed E-state index contributed by atoms with van der Waals surface area (Å²) in [6, 6.07) is 5.54. The lowest BCUT2D eigenvalue weighted by atomic mass is 10.1. The molecule has 0 aliphatic carbocycles. The smallest absolute Gasteiger partial charge is 0.126 e. The molecule has 1 fully saturated rings. The molecule has 2 rings (SSSR count). The molecule has 0 aromatic heterocycles. The number of hydrogen-bond donors (Lipinski definition) is 2. The highest BCUT2D eigenvalue weighted by Gasteiger charge is 2.16. The number of benzene rings is 1. The highest BCUT2D eigenvalue weighted by Crippen LogP contribution is 2.20. The minimum Gasteiger partial charge on any atom is -0.385 e. The second-order valence-electron chi connectivity index (χ2n) is 5.63. The Labute approximate surface area is 141 Å². The van der Waals surface area contributed by atoms with E-state index in [2.05, 4.69) is 5.32 Å². The van der Waals surface area contributed by atoms with E-state index in [0.717, 1.165) is 38.0 Å². The number of rotatable bonds is 9. The zero-order chi connectivity index (χ0) is 15.8. The third kappa shape index (κ3) is 6.41. The zero-order valence-electron chi connectivity index (χ0n) is 12.6. The average Bonchev–Trinajstić information content (AvgIpc) is 2.99. The SMILES string of the molecule is O[C@@H](C[NH2+]CCc1ccc(Cl)cc1Cl)COC[C@@H]1CCCO1. The summed E-state index contributed by atoms with van der Waals surface area (Å²) in [4.78, 5) is 0. The summed E-state index contributed by atoms with van der Waals surface area (Å²) < 4.78 is 11.0. The summed E-state index contributed by atoms with van der Waals surface area (Å²) in [5.74, 6) is 0. The van der Waals surface area contributed by atoms with Crippen LogP contribution < -0.4 is 5.32 Å². The van der Waals surface area contributed by atoms with Crippen LogP contribution in [0.25, 0.3) is 0 Å². The molecule has 3 N–H and O–H groups in total. The van der Waals surface area contributed by atoms with E-state index in [1.807, 2.05) is 12.1 Å². The second-order valence-corrected chi connectivity index (χ2v) is 6.47. The first-order chi connectivity index (χ1) is 10.6. The highest BCUT2D eigenvalue weighted by molar-refractivity contribution is 6.35. The molecule has 124 valence electrons. The van der Waals surface area contributed by atoms with Gasteiger partial charge in [-0.05, 0) is 30.5 Å². The number of ether oxygens (including phenoxy) is 2. The molecule has 2 atom stereocenters. The molecular weight excluding hydrogens is 325 g/mol. The number of quaternary nitrogens is 1. The van der Waals surface area contributed by atoms with Crippen molar-refractivity contribution in [3.63, 3.8) is 0 Å². The van der Waals surface area contributed by atoms with Crippen LogP contribution in [0.3, 0.4) is 0 Å². The first-order valence-electron chi connectivity index (χ1n) is 7.78. The van der Waals surface area contributed by atoms with Gasteiger partial charge < -0.3 is 19.9 Å². The molecule has 0 amide bonds. The fraction of sp³-hybridized carbons (Fsp3) is 0.625. The first-order valence-corrected chi connectivity index (χ1v) is 8.53. The van der Waals surface area contributed by atoms with Crippen LogP contribution in [0.5, 0.6) is 0 Å². The molecule has 0 saturated carbocycles. The Balaban J connectivity index is 1.53. The van der Waals surface area contributed by atoms with Gasteiger partial charge in [0.15, 0.2) is 0 Å². The Kier molecular flexibility index (Phi) is 7.94. The van der Waals surface area contributed by atoms with Crippen molar-refractivity contribution in [2.45, 2.75) is 31.5 Å². The van der Waals surface area contributed by atoms with Crippen LogP contribution in [-0.2, 0) is 15.9 Å². The summed E-state index contributed by atoms with van der Waals surface area (Å²) in [5.41, 5.74) is 1.08. The van der Waals surface area contributed by atoms with E-state index < -0.39 is 6.10 Å². The minimum atomic E-state index is -0.456. The Morgan fingerprint density at radius 1 is 1.41 bits per heavy atom. The van der Waals surface area contributed by atoms with Crippen LogP contribution in [0.4, 0.5) is 0 Å². The van der Waals surface area contributed by atoms with Gasteiger partial charge in [-0.2, -0.15) is 0 Å². The van der Waals surface area contributed by atoms with E-state index in [1.54, 1.807) is 6.07 Å². The maximum absolute atomic E-state index is 9.87. The van der Waals surface area contributed by atoms with Crippen molar-refractivity contribution in [1.29, 1.82) is 0 Å². The van der Waals surface area contributed by atoms with Crippen LogP contribution in [0.2, 0.25) is 10.0 Å². The number of nitrogens with two attached hydrogens (primary N) is 1. The third-order valence-corrected chi connectivity index (χ3v) is 4.30. The van der Waals surface area contributed by atoms with Crippen molar-refractivity contribution in [3.05, 3.63) is 33.8 Å². The molecule has 1 aromatic carbocycles. The van der Waals surface area contributed by atoms with Crippen molar-refractivity contribution in [2.75, 3.05) is 32.9 Å². The molecule has 0 unspecified atom stereocenters. The standard InChI is InChI=1S/C16H23Cl2NO3/c17-13-4-3-12(16(18)8-13)5-6-19-9-14(20)10-21-11-15-2-1-7-22-15/h3-4,8,14-15,19-20H,1-2,5-7,9-11H2/p+1/t14-,15-/m0/s1. The maximum Gasteiger partial charge on any atom is 0.126 e. The molecule has 0 radical (unpaired) electrons. The molecule has 1 heterocycles. The Morgan fingerprint density at radius 3 is 3.00 bits per heavy atom. The lowest BCUT2D eigenvalue weighted by Gasteiger charge is -2.13. The predicted octanol–water partition coefficient (Wildman–Crippen LogP) is 1.66. The normalized spacial score (nSPS) is 19.5. The van der Waals surface area contributed by atoms with Crippen LogP contribution in [0.1, 0.15) is 18.4 Å². The monoisotopic (exact) mass is 348 g/mol. The van der Waals surface area contributed by atoms with Crippen molar-refractivity contribution in [1.82, 2.24) is 0 Å². The lowest BCUT2D eigenvalue weighted by Crippen LogP contribution is -2.87. The van der Waals surface area contributed by atoms with Gasteiger partial charge in [-0.25, -0.2) is 0 Å². The van der Waals surface area contributed by atoms with E-state index in [0.29, 0.717) is 29.8 Å². The van der Waals surface area contributed by atoms with Gasteiger partial charge in [-0.15, -0.1) is 0 Å². The van der Waals surface area contributed by atoms with Crippen molar-refractivity contribution in [3.8, 4) is 0 Å². The predicted molar refractivity (Wildman–Crippen MR) is 87.6 cm³/mol. The van der Waals surface area contributed by atoms with Crippen LogP contribution >= 0.6 is 23.2 Å². The fourth-order valence-corrected chi connectivity index (χ4v) is 2.97. The Bertz CT molecular complexity index is 453. The first kappa shape index (κ1) is 18.0. The lowest BCUT2D eigenvalue weighted by molar-refractivity contribution is -0.660. The quantitative estimate of drug-likeness (QED) is 0.667. The molecule has 4 nitrogen and oxygen atoms in total. The summed E-state index contributed by atoms with van der Waals surface area (Å²) >= 11 is 12.0. The Morgan fingerprint density at radius 2 is 2.27 bits per heavy atom. The van der Waals surface area contributed by atoms with E-state index >= 15 is 0 Å². The molecule has 6 heteroatoms. The molecule has 0 spiro atoms. The van der Waals surface area contributed by atoms with Crippen molar-refractivity contribution < 1.29 is 19.9 Å². The van der Waals surface area contributed by atoms with E-state index in [1.165, 1.54) is 0 Å². The zero-order valence-corrected chi connectivity index (χ0v) is 14.2. The van der Waals surface area contributed by atoms with Crippen LogP contribution in [0, 0.1) is 0 Å². The third-order valence-electron chi connectivity index (χ3n) is 3.71. The van der Waals surface area contributed by atoms with Gasteiger partial charge in [0.1, 0.15) is 12.6 Å². The molecular formula is C16H24Cl2NO3+.